The lowest BCUT2D eigenvalue weighted by Crippen LogP contribution is -2.33. The van der Waals surface area contributed by atoms with Gasteiger partial charge in [0.2, 0.25) is 11.7 Å². The maximum absolute atomic E-state index is 10.9. The van der Waals surface area contributed by atoms with Crippen molar-refractivity contribution in [1.29, 1.82) is 0 Å². The molecule has 0 bridgehead atoms. The molecule has 2 atom stereocenters. The van der Waals surface area contributed by atoms with Crippen molar-refractivity contribution in [2.24, 2.45) is 5.73 Å². The highest BCUT2D eigenvalue weighted by molar-refractivity contribution is 5.78. The Balaban J connectivity index is 1.77. The van der Waals surface area contributed by atoms with Gasteiger partial charge in [-0.1, -0.05) is 12.1 Å². The van der Waals surface area contributed by atoms with Crippen molar-refractivity contribution in [2.75, 3.05) is 6.61 Å². The van der Waals surface area contributed by atoms with Gasteiger partial charge < -0.3 is 25.2 Å². The zero-order valence-electron chi connectivity index (χ0n) is 18.6. The number of benzene rings is 1. The molecule has 0 spiro atoms. The second-order valence-electron chi connectivity index (χ2n) is 7.82. The summed E-state index contributed by atoms with van der Waals surface area (Å²) in [5.74, 6) is 0.595. The molecule has 3 rings (SSSR count). The maximum atomic E-state index is 10.9. The molecule has 9 nitrogen and oxygen atoms in total. The van der Waals surface area contributed by atoms with Crippen molar-refractivity contribution in [3.63, 3.8) is 0 Å². The standard InChI is InChI=1S/C23H28N4O5/c1-5-17-9-16(8-14(4)25-17)23-26-22(27-32-23)15-6-12(2)20(13(3)7-15)31-11-18(28)10-19(29)21(24)30/h6-9,18-19,28-29H,5,10-11H2,1-4H3,(H2,24,30)/t18-,19?/m1/s1. The number of hydrogen-bond acceptors (Lipinski definition) is 8. The molecule has 2 heterocycles. The van der Waals surface area contributed by atoms with E-state index in [-0.39, 0.29) is 13.0 Å². The zero-order chi connectivity index (χ0) is 23.4. The summed E-state index contributed by atoms with van der Waals surface area (Å²) in [5.41, 5.74) is 10.1. The van der Waals surface area contributed by atoms with E-state index in [1.54, 1.807) is 0 Å². The number of pyridine rings is 1. The minimum Gasteiger partial charge on any atom is -0.490 e. The third-order valence-corrected chi connectivity index (χ3v) is 5.00. The molecule has 0 aliphatic carbocycles. The number of nitrogens with two attached hydrogens (primary N) is 1. The van der Waals surface area contributed by atoms with E-state index < -0.39 is 18.1 Å². The molecule has 1 aromatic carbocycles. The molecule has 0 radical (unpaired) electrons. The number of nitrogens with zero attached hydrogens (tertiary/aromatic N) is 3. The number of aryl methyl sites for hydroxylation is 4. The van der Waals surface area contributed by atoms with Gasteiger partial charge in [0.05, 0.1) is 6.10 Å². The van der Waals surface area contributed by atoms with Gasteiger partial charge in [0.1, 0.15) is 18.5 Å². The second kappa shape index (κ2) is 9.88. The first kappa shape index (κ1) is 23.4. The lowest BCUT2D eigenvalue weighted by atomic mass is 10.0. The number of aliphatic hydroxyl groups is 2. The zero-order valence-corrected chi connectivity index (χ0v) is 18.6. The monoisotopic (exact) mass is 440 g/mol. The minimum atomic E-state index is -1.41. The lowest BCUT2D eigenvalue weighted by Gasteiger charge is -2.17. The molecule has 0 saturated carbocycles. The SMILES string of the molecule is CCc1cc(-c2nc(-c3cc(C)c(OC[C@H](O)CC(O)C(N)=O)c(C)c3)no2)cc(C)n1. The summed E-state index contributed by atoms with van der Waals surface area (Å²) in [6, 6.07) is 7.59. The number of ether oxygens (including phenoxy) is 1. The molecule has 9 heteroatoms. The molecule has 170 valence electrons. The number of rotatable bonds is 9. The first-order valence-corrected chi connectivity index (χ1v) is 10.4. The summed E-state index contributed by atoms with van der Waals surface area (Å²) in [7, 11) is 0. The average molecular weight is 441 g/mol. The van der Waals surface area contributed by atoms with E-state index in [9.17, 15) is 15.0 Å². The first-order valence-electron chi connectivity index (χ1n) is 10.4. The molecule has 0 aliphatic heterocycles. The fourth-order valence-electron chi connectivity index (χ4n) is 3.43. The van der Waals surface area contributed by atoms with Crippen LogP contribution in [0.15, 0.2) is 28.8 Å². The molecule has 32 heavy (non-hydrogen) atoms. The molecular weight excluding hydrogens is 412 g/mol. The Morgan fingerprint density at radius 2 is 1.78 bits per heavy atom. The van der Waals surface area contributed by atoms with Crippen LogP contribution in [0.25, 0.3) is 22.8 Å². The Morgan fingerprint density at radius 3 is 2.41 bits per heavy atom. The van der Waals surface area contributed by atoms with E-state index in [1.807, 2.05) is 52.0 Å². The molecule has 3 aromatic rings. The van der Waals surface area contributed by atoms with E-state index >= 15 is 0 Å². The first-order chi connectivity index (χ1) is 15.2. The van der Waals surface area contributed by atoms with Crippen LogP contribution in [0, 0.1) is 20.8 Å². The Hall–Kier alpha value is -3.30. The highest BCUT2D eigenvalue weighted by atomic mass is 16.5. The fourth-order valence-corrected chi connectivity index (χ4v) is 3.43. The highest BCUT2D eigenvalue weighted by Gasteiger charge is 2.19. The van der Waals surface area contributed by atoms with Gasteiger partial charge in [-0.3, -0.25) is 9.78 Å². The number of carbonyl (C=O) groups excluding carboxylic acids is 1. The van der Waals surface area contributed by atoms with Crippen molar-refractivity contribution in [3.8, 4) is 28.6 Å². The van der Waals surface area contributed by atoms with Crippen LogP contribution in [0.5, 0.6) is 5.75 Å². The summed E-state index contributed by atoms with van der Waals surface area (Å²) in [6.07, 6.45) is -1.83. The largest absolute Gasteiger partial charge is 0.490 e. The molecule has 0 saturated heterocycles. The van der Waals surface area contributed by atoms with Crippen molar-refractivity contribution in [1.82, 2.24) is 15.1 Å². The average Bonchev–Trinajstić information content (AvgIpc) is 3.22. The predicted octanol–water partition coefficient (Wildman–Crippen LogP) is 2.26. The van der Waals surface area contributed by atoms with Crippen LogP contribution < -0.4 is 10.5 Å². The molecule has 4 N–H and O–H groups in total. The topological polar surface area (TPSA) is 145 Å². The smallest absolute Gasteiger partial charge is 0.258 e. The summed E-state index contributed by atoms with van der Waals surface area (Å²) in [6.45, 7) is 7.63. The number of primary amides is 1. The Kier molecular flexibility index (Phi) is 7.22. The van der Waals surface area contributed by atoms with Gasteiger partial charge in [0.25, 0.3) is 5.89 Å². The molecule has 1 amide bonds. The molecule has 1 unspecified atom stereocenters. The van der Waals surface area contributed by atoms with Gasteiger partial charge in [-0.2, -0.15) is 4.98 Å². The Morgan fingerprint density at radius 1 is 1.09 bits per heavy atom. The van der Waals surface area contributed by atoms with Gasteiger partial charge >= 0.3 is 0 Å². The Labute approximate surface area is 186 Å². The van der Waals surface area contributed by atoms with Crippen molar-refractivity contribution in [3.05, 3.63) is 46.8 Å². The third kappa shape index (κ3) is 5.49. The van der Waals surface area contributed by atoms with E-state index in [2.05, 4.69) is 15.1 Å². The van der Waals surface area contributed by atoms with Crippen molar-refractivity contribution < 1.29 is 24.3 Å². The Bertz CT molecular complexity index is 1090. The number of hydrogen-bond donors (Lipinski definition) is 3. The molecule has 0 fully saturated rings. The third-order valence-electron chi connectivity index (χ3n) is 5.00. The summed E-state index contributed by atoms with van der Waals surface area (Å²) < 4.78 is 11.2. The van der Waals surface area contributed by atoms with Crippen LogP contribution in [-0.2, 0) is 11.2 Å². The fraction of sp³-hybridized carbons (Fsp3) is 0.391. The quantitative estimate of drug-likeness (QED) is 0.459. The minimum absolute atomic E-state index is 0.0844. The van der Waals surface area contributed by atoms with Crippen LogP contribution in [0.1, 0.15) is 35.9 Å². The second-order valence-corrected chi connectivity index (χ2v) is 7.82. The van der Waals surface area contributed by atoms with Crippen LogP contribution in [0.3, 0.4) is 0 Å². The molecule has 2 aromatic heterocycles. The maximum Gasteiger partial charge on any atom is 0.258 e. The van der Waals surface area contributed by atoms with Gasteiger partial charge in [-0.15, -0.1) is 0 Å². The van der Waals surface area contributed by atoms with Gasteiger partial charge in [0.15, 0.2) is 0 Å². The van der Waals surface area contributed by atoms with Gasteiger partial charge in [-0.25, -0.2) is 0 Å². The lowest BCUT2D eigenvalue weighted by molar-refractivity contribution is -0.127. The molecular formula is C23H28N4O5. The van der Waals surface area contributed by atoms with Crippen molar-refractivity contribution >= 4 is 5.91 Å². The van der Waals surface area contributed by atoms with Gasteiger partial charge in [0, 0.05) is 28.9 Å². The van der Waals surface area contributed by atoms with Crippen molar-refractivity contribution in [2.45, 2.75) is 52.7 Å². The van der Waals surface area contributed by atoms with Crippen LogP contribution in [0.2, 0.25) is 0 Å². The van der Waals surface area contributed by atoms with Crippen LogP contribution in [-0.4, -0.2) is 50.1 Å². The summed E-state index contributed by atoms with van der Waals surface area (Å²) in [5, 5.41) is 23.6. The molecule has 0 aliphatic rings. The van der Waals surface area contributed by atoms with E-state index in [0.717, 1.165) is 40.1 Å². The number of aromatic nitrogens is 3. The number of amides is 1. The summed E-state index contributed by atoms with van der Waals surface area (Å²) >= 11 is 0. The van der Waals surface area contributed by atoms with E-state index in [4.69, 9.17) is 15.0 Å². The van der Waals surface area contributed by atoms with E-state index in [0.29, 0.717) is 17.5 Å². The highest BCUT2D eigenvalue weighted by Crippen LogP contribution is 2.30. The number of carbonyl (C=O) groups is 1. The predicted molar refractivity (Wildman–Crippen MR) is 118 cm³/mol. The van der Waals surface area contributed by atoms with Crippen LogP contribution >= 0.6 is 0 Å². The van der Waals surface area contributed by atoms with E-state index in [1.165, 1.54) is 0 Å². The number of aliphatic hydroxyl groups excluding tert-OH is 2. The normalized spacial score (nSPS) is 13.1. The van der Waals surface area contributed by atoms with Crippen LogP contribution in [0.4, 0.5) is 0 Å². The van der Waals surface area contributed by atoms with Gasteiger partial charge in [-0.05, 0) is 62.6 Å². The summed E-state index contributed by atoms with van der Waals surface area (Å²) in [4.78, 5) is 19.9.